The number of hydrogen-bond acceptors (Lipinski definition) is 3. The van der Waals surface area contributed by atoms with Crippen molar-refractivity contribution >= 4 is 11.7 Å². The highest BCUT2D eigenvalue weighted by atomic mass is 19.1. The molecule has 0 fully saturated rings. The van der Waals surface area contributed by atoms with Gasteiger partial charge in [0.15, 0.2) is 5.78 Å². The third kappa shape index (κ3) is 5.61. The van der Waals surface area contributed by atoms with Gasteiger partial charge in [0.25, 0.3) is 0 Å². The van der Waals surface area contributed by atoms with Crippen LogP contribution in [0.25, 0.3) is 11.1 Å². The van der Waals surface area contributed by atoms with Gasteiger partial charge in [-0.25, -0.2) is 4.39 Å². The Bertz CT molecular complexity index is 1010. The molecule has 154 valence electrons. The summed E-state index contributed by atoms with van der Waals surface area (Å²) < 4.78 is 13.0. The molecule has 0 unspecified atom stereocenters. The monoisotopic (exact) mass is 404 g/mol. The van der Waals surface area contributed by atoms with Gasteiger partial charge in [-0.3, -0.25) is 9.59 Å². The number of aryl methyl sites for hydroxylation is 1. The minimum atomic E-state index is -0.276. The maximum atomic E-state index is 13.0. The number of nitrogens with zero attached hydrogens (tertiary/aromatic N) is 1. The highest BCUT2D eigenvalue weighted by Gasteiger charge is 2.09. The van der Waals surface area contributed by atoms with E-state index >= 15 is 0 Å². The van der Waals surface area contributed by atoms with Crippen molar-refractivity contribution in [2.24, 2.45) is 5.73 Å². The van der Waals surface area contributed by atoms with Crippen molar-refractivity contribution in [1.29, 1.82) is 0 Å². The largest absolute Gasteiger partial charge is 0.340 e. The van der Waals surface area contributed by atoms with E-state index in [1.165, 1.54) is 12.1 Å². The van der Waals surface area contributed by atoms with Crippen LogP contribution in [0.4, 0.5) is 4.39 Å². The maximum absolute atomic E-state index is 13.0. The van der Waals surface area contributed by atoms with Crippen LogP contribution in [-0.2, 0) is 17.8 Å². The molecule has 0 saturated carbocycles. The average molecular weight is 404 g/mol. The van der Waals surface area contributed by atoms with Crippen LogP contribution in [0.3, 0.4) is 0 Å². The van der Waals surface area contributed by atoms with Crippen molar-refractivity contribution in [1.82, 2.24) is 4.90 Å². The third-order valence-electron chi connectivity index (χ3n) is 5.04. The number of benzene rings is 3. The Kier molecular flexibility index (Phi) is 7.09. The molecule has 3 rings (SSSR count). The smallest absolute Gasteiger partial charge is 0.236 e. The predicted molar refractivity (Wildman–Crippen MR) is 116 cm³/mol. The van der Waals surface area contributed by atoms with Crippen molar-refractivity contribution in [2.75, 3.05) is 13.6 Å². The Balaban J connectivity index is 1.65. The van der Waals surface area contributed by atoms with Crippen LogP contribution in [-0.4, -0.2) is 30.2 Å². The molecule has 4 nitrogen and oxygen atoms in total. The summed E-state index contributed by atoms with van der Waals surface area (Å²) in [6.07, 6.45) is 0.958. The average Bonchev–Trinajstić information content (AvgIpc) is 2.78. The van der Waals surface area contributed by atoms with Gasteiger partial charge in [0.1, 0.15) is 5.82 Å². The van der Waals surface area contributed by atoms with Gasteiger partial charge in [-0.05, 0) is 46.9 Å². The number of nitrogens with two attached hydrogens (primary N) is 1. The second-order valence-electron chi connectivity index (χ2n) is 7.28. The van der Waals surface area contributed by atoms with E-state index in [0.717, 1.165) is 22.3 Å². The van der Waals surface area contributed by atoms with Gasteiger partial charge in [0, 0.05) is 25.6 Å². The summed E-state index contributed by atoms with van der Waals surface area (Å²) >= 11 is 0. The molecule has 0 aliphatic heterocycles. The molecule has 5 heteroatoms. The molecule has 3 aromatic carbocycles. The number of ketones is 1. The number of amides is 1. The van der Waals surface area contributed by atoms with E-state index in [4.69, 9.17) is 5.73 Å². The lowest BCUT2D eigenvalue weighted by molar-refractivity contribution is -0.128. The molecule has 2 N–H and O–H groups in total. The number of halogens is 1. The molecule has 0 spiro atoms. The quantitative estimate of drug-likeness (QED) is 0.572. The molecule has 0 atom stereocenters. The highest BCUT2D eigenvalue weighted by Crippen LogP contribution is 2.22. The van der Waals surface area contributed by atoms with Crippen LogP contribution in [0, 0.1) is 5.82 Å². The number of hydrogen-bond donors (Lipinski definition) is 1. The molecule has 1 amide bonds. The van der Waals surface area contributed by atoms with Gasteiger partial charge in [-0.2, -0.15) is 0 Å². The Morgan fingerprint density at radius 1 is 0.900 bits per heavy atom. The predicted octanol–water partition coefficient (Wildman–Crippen LogP) is 4.23. The summed E-state index contributed by atoms with van der Waals surface area (Å²) in [6.45, 7) is 0.483. The molecule has 0 radical (unpaired) electrons. The van der Waals surface area contributed by atoms with Crippen LogP contribution in [0.1, 0.15) is 27.9 Å². The Morgan fingerprint density at radius 3 is 2.27 bits per heavy atom. The second-order valence-corrected chi connectivity index (χ2v) is 7.28. The fraction of sp³-hybridized carbons (Fsp3) is 0.200. The molecule has 0 saturated heterocycles. The van der Waals surface area contributed by atoms with Crippen LogP contribution >= 0.6 is 0 Å². The van der Waals surface area contributed by atoms with Crippen molar-refractivity contribution in [3.8, 4) is 11.1 Å². The van der Waals surface area contributed by atoms with Gasteiger partial charge in [0.2, 0.25) is 5.91 Å². The SMILES string of the molecule is CN(Cc1cccc(-c2ccc(C(=O)CCc3ccc(F)cc3)cc2)c1)C(=O)CN. The molecule has 3 aromatic rings. The molecule has 0 aromatic heterocycles. The van der Waals surface area contributed by atoms with Crippen LogP contribution in [0.2, 0.25) is 0 Å². The van der Waals surface area contributed by atoms with E-state index in [-0.39, 0.29) is 24.1 Å². The van der Waals surface area contributed by atoms with E-state index in [1.807, 2.05) is 48.5 Å². The number of carbonyl (C=O) groups is 2. The normalized spacial score (nSPS) is 10.6. The molecular weight excluding hydrogens is 379 g/mol. The number of carbonyl (C=O) groups excluding carboxylic acids is 2. The Morgan fingerprint density at radius 2 is 1.60 bits per heavy atom. The second kappa shape index (κ2) is 9.94. The van der Waals surface area contributed by atoms with Gasteiger partial charge >= 0.3 is 0 Å². The summed E-state index contributed by atoms with van der Waals surface area (Å²) in [5.74, 6) is -0.326. The van der Waals surface area contributed by atoms with E-state index in [1.54, 1.807) is 24.1 Å². The van der Waals surface area contributed by atoms with Crippen molar-refractivity contribution < 1.29 is 14.0 Å². The number of likely N-dealkylation sites (N-methyl/N-ethyl adjacent to an activating group) is 1. The Labute approximate surface area is 176 Å². The minimum Gasteiger partial charge on any atom is -0.340 e. The van der Waals surface area contributed by atoms with E-state index < -0.39 is 0 Å². The molecule has 0 aliphatic rings. The van der Waals surface area contributed by atoms with Gasteiger partial charge < -0.3 is 10.6 Å². The first-order chi connectivity index (χ1) is 14.5. The lowest BCUT2D eigenvalue weighted by Gasteiger charge is -2.16. The van der Waals surface area contributed by atoms with E-state index in [0.29, 0.717) is 24.9 Å². The van der Waals surface area contributed by atoms with Gasteiger partial charge in [-0.1, -0.05) is 54.6 Å². The zero-order valence-corrected chi connectivity index (χ0v) is 17.0. The highest BCUT2D eigenvalue weighted by molar-refractivity contribution is 5.96. The standard InChI is InChI=1S/C25H25FN2O2/c1-28(25(30)16-27)17-19-3-2-4-22(15-19)20-8-10-21(11-9-20)24(29)14-7-18-5-12-23(26)13-6-18/h2-6,8-13,15H,7,14,16-17,27H2,1H3. The first kappa shape index (κ1) is 21.4. The van der Waals surface area contributed by atoms with Crippen molar-refractivity contribution in [3.05, 3.63) is 95.3 Å². The van der Waals surface area contributed by atoms with Crippen molar-refractivity contribution in [2.45, 2.75) is 19.4 Å². The lowest BCUT2D eigenvalue weighted by atomic mass is 9.98. The molecule has 30 heavy (non-hydrogen) atoms. The summed E-state index contributed by atoms with van der Waals surface area (Å²) in [5.41, 5.74) is 10.0. The molecular formula is C25H25FN2O2. The van der Waals surface area contributed by atoms with Crippen LogP contribution in [0.5, 0.6) is 0 Å². The summed E-state index contributed by atoms with van der Waals surface area (Å²) in [4.78, 5) is 25.8. The minimum absolute atomic E-state index is 0.00710. The van der Waals surface area contributed by atoms with E-state index in [2.05, 4.69) is 0 Å². The summed E-state index contributed by atoms with van der Waals surface area (Å²) in [6, 6.07) is 21.7. The van der Waals surface area contributed by atoms with Gasteiger partial charge in [-0.15, -0.1) is 0 Å². The summed E-state index contributed by atoms with van der Waals surface area (Å²) in [5, 5.41) is 0. The molecule has 0 aliphatic carbocycles. The Hall–Kier alpha value is -3.31. The summed E-state index contributed by atoms with van der Waals surface area (Å²) in [7, 11) is 1.73. The molecule has 0 bridgehead atoms. The number of rotatable bonds is 8. The topological polar surface area (TPSA) is 63.4 Å². The maximum Gasteiger partial charge on any atom is 0.236 e. The first-order valence-electron chi connectivity index (χ1n) is 9.87. The zero-order valence-electron chi connectivity index (χ0n) is 17.0. The molecule has 0 heterocycles. The fourth-order valence-corrected chi connectivity index (χ4v) is 3.27. The first-order valence-corrected chi connectivity index (χ1v) is 9.87. The van der Waals surface area contributed by atoms with Crippen molar-refractivity contribution in [3.63, 3.8) is 0 Å². The number of Topliss-reactive ketones (excluding diaryl/α,β-unsaturated/α-hetero) is 1. The van der Waals surface area contributed by atoms with E-state index in [9.17, 15) is 14.0 Å². The zero-order chi connectivity index (χ0) is 21.5. The van der Waals surface area contributed by atoms with Crippen LogP contribution in [0.15, 0.2) is 72.8 Å². The van der Waals surface area contributed by atoms with Crippen LogP contribution < -0.4 is 5.73 Å². The van der Waals surface area contributed by atoms with Gasteiger partial charge in [0.05, 0.1) is 6.54 Å². The third-order valence-corrected chi connectivity index (χ3v) is 5.04. The fourth-order valence-electron chi connectivity index (χ4n) is 3.27. The lowest BCUT2D eigenvalue weighted by Crippen LogP contribution is -2.32.